The maximum atomic E-state index is 12.7. The van der Waals surface area contributed by atoms with E-state index in [1.54, 1.807) is 11.9 Å². The number of alkyl halides is 2. The monoisotopic (exact) mass is 322 g/mol. The zero-order valence-corrected chi connectivity index (χ0v) is 13.2. The van der Waals surface area contributed by atoms with Crippen LogP contribution in [0.1, 0.15) is 23.5 Å². The van der Waals surface area contributed by atoms with Gasteiger partial charge in [-0.1, -0.05) is 24.3 Å². The Morgan fingerprint density at radius 3 is 2.83 bits per heavy atom. The highest BCUT2D eigenvalue weighted by atomic mass is 19.3. The fourth-order valence-corrected chi connectivity index (χ4v) is 2.24. The fraction of sp³-hybridized carbons (Fsp3) is 0.375. The molecule has 0 radical (unpaired) electrons. The summed E-state index contributed by atoms with van der Waals surface area (Å²) in [6.07, 6.45) is 2.56. The summed E-state index contributed by atoms with van der Waals surface area (Å²) in [6.45, 7) is 0.0932. The van der Waals surface area contributed by atoms with Crippen LogP contribution in [0.4, 0.5) is 8.78 Å². The predicted octanol–water partition coefficient (Wildman–Crippen LogP) is 2.33. The number of nitrogens with one attached hydrogen (secondary N) is 1. The molecule has 1 N–H and O–H groups in total. The van der Waals surface area contributed by atoms with E-state index < -0.39 is 6.55 Å². The van der Waals surface area contributed by atoms with E-state index >= 15 is 0 Å². The molecule has 0 aliphatic carbocycles. The lowest BCUT2D eigenvalue weighted by molar-refractivity contribution is -0.122. The highest BCUT2D eigenvalue weighted by Crippen LogP contribution is 2.13. The molecule has 0 spiro atoms. The number of nitrogens with zero attached hydrogens (tertiary/aromatic N) is 3. The first-order chi connectivity index (χ1) is 11.0. The second-order valence-electron chi connectivity index (χ2n) is 5.40. The van der Waals surface area contributed by atoms with Crippen molar-refractivity contribution in [2.45, 2.75) is 26.6 Å². The van der Waals surface area contributed by atoms with Crippen LogP contribution >= 0.6 is 0 Å². The molecule has 0 aliphatic heterocycles. The third kappa shape index (κ3) is 4.85. The van der Waals surface area contributed by atoms with Crippen molar-refractivity contribution in [2.24, 2.45) is 0 Å². The SMILES string of the molecule is Cc1ccccc1CNC(=O)CN(C)Cc1nccn1C(F)F. The molecule has 0 fully saturated rings. The molecule has 1 amide bonds. The summed E-state index contributed by atoms with van der Waals surface area (Å²) in [5, 5.41) is 2.83. The summed E-state index contributed by atoms with van der Waals surface area (Å²) in [4.78, 5) is 17.5. The van der Waals surface area contributed by atoms with Gasteiger partial charge in [0, 0.05) is 18.9 Å². The Kier molecular flexibility index (Phi) is 5.81. The topological polar surface area (TPSA) is 50.2 Å². The number of carbonyl (C=O) groups excluding carboxylic acids is 1. The molecule has 2 aromatic rings. The summed E-state index contributed by atoms with van der Waals surface area (Å²) in [5.74, 6) is 0.0695. The summed E-state index contributed by atoms with van der Waals surface area (Å²) < 4.78 is 26.3. The maximum Gasteiger partial charge on any atom is 0.319 e. The molecule has 0 unspecified atom stereocenters. The van der Waals surface area contributed by atoms with Crippen LogP contribution in [0.25, 0.3) is 0 Å². The van der Waals surface area contributed by atoms with Crippen LogP contribution in [0.2, 0.25) is 0 Å². The maximum absolute atomic E-state index is 12.7. The molecule has 0 bridgehead atoms. The zero-order valence-electron chi connectivity index (χ0n) is 13.2. The van der Waals surface area contributed by atoms with Crippen molar-refractivity contribution in [3.8, 4) is 0 Å². The van der Waals surface area contributed by atoms with Crippen LogP contribution in [0.15, 0.2) is 36.7 Å². The molecular weight excluding hydrogens is 302 g/mol. The van der Waals surface area contributed by atoms with Crippen molar-refractivity contribution >= 4 is 5.91 Å². The van der Waals surface area contributed by atoms with Gasteiger partial charge in [-0.15, -0.1) is 0 Å². The van der Waals surface area contributed by atoms with Crippen molar-refractivity contribution < 1.29 is 13.6 Å². The van der Waals surface area contributed by atoms with Gasteiger partial charge in [-0.3, -0.25) is 14.3 Å². The van der Waals surface area contributed by atoms with E-state index in [0.717, 1.165) is 15.7 Å². The predicted molar refractivity (Wildman–Crippen MR) is 82.8 cm³/mol. The minimum atomic E-state index is -2.63. The van der Waals surface area contributed by atoms with Gasteiger partial charge in [-0.25, -0.2) is 4.98 Å². The van der Waals surface area contributed by atoms with E-state index in [4.69, 9.17) is 0 Å². The quantitative estimate of drug-likeness (QED) is 0.851. The van der Waals surface area contributed by atoms with Gasteiger partial charge in [0.05, 0.1) is 13.1 Å². The van der Waals surface area contributed by atoms with Crippen molar-refractivity contribution in [3.05, 3.63) is 53.6 Å². The van der Waals surface area contributed by atoms with Crippen LogP contribution in [-0.4, -0.2) is 34.0 Å². The lowest BCUT2D eigenvalue weighted by atomic mass is 10.1. The Labute approximate surface area is 133 Å². The number of hydrogen-bond donors (Lipinski definition) is 1. The van der Waals surface area contributed by atoms with Gasteiger partial charge >= 0.3 is 6.55 Å². The second-order valence-corrected chi connectivity index (χ2v) is 5.40. The lowest BCUT2D eigenvalue weighted by Gasteiger charge is -2.17. The van der Waals surface area contributed by atoms with E-state index in [2.05, 4.69) is 10.3 Å². The van der Waals surface area contributed by atoms with Gasteiger partial charge in [0.15, 0.2) is 0 Å². The van der Waals surface area contributed by atoms with E-state index in [0.29, 0.717) is 6.54 Å². The first-order valence-corrected chi connectivity index (χ1v) is 7.27. The Bertz CT molecular complexity index is 657. The first kappa shape index (κ1) is 17.1. The van der Waals surface area contributed by atoms with Crippen molar-refractivity contribution in [1.82, 2.24) is 19.8 Å². The summed E-state index contributed by atoms with van der Waals surface area (Å²) in [6, 6.07) is 7.81. The fourth-order valence-electron chi connectivity index (χ4n) is 2.24. The highest BCUT2D eigenvalue weighted by molar-refractivity contribution is 5.78. The van der Waals surface area contributed by atoms with E-state index in [1.165, 1.54) is 12.4 Å². The van der Waals surface area contributed by atoms with E-state index in [-0.39, 0.29) is 24.8 Å². The average molecular weight is 322 g/mol. The number of aromatic nitrogens is 2. The highest BCUT2D eigenvalue weighted by Gasteiger charge is 2.14. The van der Waals surface area contributed by atoms with Gasteiger partial charge in [-0.05, 0) is 25.1 Å². The van der Waals surface area contributed by atoms with Crippen LogP contribution in [0.3, 0.4) is 0 Å². The molecule has 1 aromatic heterocycles. The Morgan fingerprint density at radius 1 is 1.39 bits per heavy atom. The van der Waals surface area contributed by atoms with Gasteiger partial charge in [0.1, 0.15) is 5.82 Å². The van der Waals surface area contributed by atoms with Gasteiger partial charge in [0.2, 0.25) is 5.91 Å². The smallest absolute Gasteiger partial charge is 0.319 e. The summed E-state index contributed by atoms with van der Waals surface area (Å²) in [7, 11) is 1.69. The Balaban J connectivity index is 1.83. The van der Waals surface area contributed by atoms with E-state index in [9.17, 15) is 13.6 Å². The van der Waals surface area contributed by atoms with Gasteiger partial charge in [0.25, 0.3) is 0 Å². The normalized spacial score (nSPS) is 11.2. The molecule has 1 aromatic carbocycles. The van der Waals surface area contributed by atoms with Crippen LogP contribution < -0.4 is 5.32 Å². The van der Waals surface area contributed by atoms with Gasteiger partial charge < -0.3 is 5.32 Å². The molecule has 23 heavy (non-hydrogen) atoms. The molecule has 5 nitrogen and oxygen atoms in total. The lowest BCUT2D eigenvalue weighted by Crippen LogP contribution is -2.35. The van der Waals surface area contributed by atoms with Gasteiger partial charge in [-0.2, -0.15) is 8.78 Å². The molecule has 1 heterocycles. The van der Waals surface area contributed by atoms with Crippen LogP contribution in [0, 0.1) is 6.92 Å². The average Bonchev–Trinajstić information content (AvgIpc) is 2.94. The Hall–Kier alpha value is -2.28. The summed E-state index contributed by atoms with van der Waals surface area (Å²) in [5.41, 5.74) is 2.16. The minimum Gasteiger partial charge on any atom is -0.351 e. The standard InChI is InChI=1S/C16H20F2N4O/c1-12-5-3-4-6-13(12)9-20-15(23)11-21(2)10-14-19-7-8-22(14)16(17)18/h3-8,16H,9-11H2,1-2H3,(H,20,23). The van der Waals surface area contributed by atoms with Crippen LogP contribution in [0.5, 0.6) is 0 Å². The number of likely N-dealkylation sites (N-methyl/N-ethyl adjacent to an activating group) is 1. The summed E-state index contributed by atoms with van der Waals surface area (Å²) >= 11 is 0. The Morgan fingerprint density at radius 2 is 2.13 bits per heavy atom. The molecule has 2 rings (SSSR count). The third-order valence-corrected chi connectivity index (χ3v) is 3.52. The van der Waals surface area contributed by atoms with Crippen molar-refractivity contribution in [2.75, 3.05) is 13.6 Å². The number of halogens is 2. The minimum absolute atomic E-state index is 0.113. The number of aryl methyl sites for hydroxylation is 1. The molecule has 7 heteroatoms. The number of amides is 1. The second kappa shape index (κ2) is 7.82. The first-order valence-electron chi connectivity index (χ1n) is 7.27. The number of rotatable bonds is 7. The zero-order chi connectivity index (χ0) is 16.8. The molecule has 0 saturated heterocycles. The van der Waals surface area contributed by atoms with Crippen LogP contribution in [-0.2, 0) is 17.9 Å². The largest absolute Gasteiger partial charge is 0.351 e. The molecule has 124 valence electrons. The molecular formula is C16H20F2N4O. The molecule has 0 atom stereocenters. The molecule has 0 saturated carbocycles. The number of benzene rings is 1. The molecule has 0 aliphatic rings. The van der Waals surface area contributed by atoms with Crippen molar-refractivity contribution in [3.63, 3.8) is 0 Å². The number of imidazole rings is 1. The van der Waals surface area contributed by atoms with Crippen molar-refractivity contribution in [1.29, 1.82) is 0 Å². The number of hydrogen-bond acceptors (Lipinski definition) is 3. The number of carbonyl (C=O) groups is 1. The third-order valence-electron chi connectivity index (χ3n) is 3.52. The van der Waals surface area contributed by atoms with E-state index in [1.807, 2.05) is 31.2 Å².